The standard InChI is InChI=1S/C14H16O5/c1-3-4-9-19-13(16)11-7-5-10(6-8-11)12(15)14(17)18-2/h5-8H,3-4,9H2,1-2H3. The molecule has 0 aliphatic carbocycles. The Morgan fingerprint density at radius 3 is 2.16 bits per heavy atom. The number of esters is 2. The summed E-state index contributed by atoms with van der Waals surface area (Å²) in [7, 11) is 1.14. The number of benzene rings is 1. The highest BCUT2D eigenvalue weighted by atomic mass is 16.5. The highest BCUT2D eigenvalue weighted by Crippen LogP contribution is 2.08. The molecule has 0 saturated heterocycles. The van der Waals surface area contributed by atoms with Gasteiger partial charge in [0.25, 0.3) is 5.78 Å². The maximum Gasteiger partial charge on any atom is 0.379 e. The van der Waals surface area contributed by atoms with Gasteiger partial charge in [0.05, 0.1) is 19.3 Å². The largest absolute Gasteiger partial charge is 0.463 e. The van der Waals surface area contributed by atoms with Gasteiger partial charge in [-0.3, -0.25) is 4.79 Å². The molecule has 5 nitrogen and oxygen atoms in total. The number of Topliss-reactive ketones (excluding diaryl/α,β-unsaturated/α-hetero) is 1. The third-order valence-corrected chi connectivity index (χ3v) is 2.48. The van der Waals surface area contributed by atoms with Crippen LogP contribution in [-0.4, -0.2) is 31.4 Å². The second kappa shape index (κ2) is 7.31. The molecule has 0 spiro atoms. The van der Waals surface area contributed by atoms with Crippen LogP contribution in [0.1, 0.15) is 40.5 Å². The van der Waals surface area contributed by atoms with E-state index in [0.717, 1.165) is 20.0 Å². The molecule has 0 unspecified atom stereocenters. The number of ketones is 1. The average molecular weight is 264 g/mol. The fraction of sp³-hybridized carbons (Fsp3) is 0.357. The molecule has 0 radical (unpaired) electrons. The normalized spacial score (nSPS) is 9.79. The van der Waals surface area contributed by atoms with E-state index < -0.39 is 17.7 Å². The fourth-order valence-electron chi connectivity index (χ4n) is 1.36. The van der Waals surface area contributed by atoms with Crippen LogP contribution in [0.15, 0.2) is 24.3 Å². The first-order chi connectivity index (χ1) is 9.10. The molecule has 0 fully saturated rings. The molecule has 19 heavy (non-hydrogen) atoms. The van der Waals surface area contributed by atoms with Gasteiger partial charge in [0.1, 0.15) is 0 Å². The monoisotopic (exact) mass is 264 g/mol. The molecule has 0 atom stereocenters. The van der Waals surface area contributed by atoms with Gasteiger partial charge in [-0.2, -0.15) is 0 Å². The van der Waals surface area contributed by atoms with Gasteiger partial charge in [-0.05, 0) is 30.7 Å². The maximum atomic E-state index is 11.6. The zero-order valence-corrected chi connectivity index (χ0v) is 11.0. The van der Waals surface area contributed by atoms with Crippen LogP contribution in [-0.2, 0) is 14.3 Å². The van der Waals surface area contributed by atoms with E-state index in [1.165, 1.54) is 24.3 Å². The van der Waals surface area contributed by atoms with Crippen LogP contribution in [0.2, 0.25) is 0 Å². The minimum atomic E-state index is -0.932. The Morgan fingerprint density at radius 2 is 1.63 bits per heavy atom. The third kappa shape index (κ3) is 4.21. The zero-order valence-electron chi connectivity index (χ0n) is 11.0. The van der Waals surface area contributed by atoms with E-state index in [1.54, 1.807) is 0 Å². The summed E-state index contributed by atoms with van der Waals surface area (Å²) in [6.07, 6.45) is 1.75. The van der Waals surface area contributed by atoms with Crippen molar-refractivity contribution >= 4 is 17.7 Å². The van der Waals surface area contributed by atoms with Gasteiger partial charge in [-0.25, -0.2) is 9.59 Å². The number of carbonyl (C=O) groups excluding carboxylic acids is 3. The van der Waals surface area contributed by atoms with Crippen LogP contribution >= 0.6 is 0 Å². The van der Waals surface area contributed by atoms with E-state index >= 15 is 0 Å². The molecule has 1 aromatic carbocycles. The molecular weight excluding hydrogens is 248 g/mol. The van der Waals surface area contributed by atoms with E-state index in [2.05, 4.69) is 4.74 Å². The van der Waals surface area contributed by atoms with Crippen LogP contribution in [0.4, 0.5) is 0 Å². The first-order valence-corrected chi connectivity index (χ1v) is 6.00. The highest BCUT2D eigenvalue weighted by Gasteiger charge is 2.17. The Bertz CT molecular complexity index is 461. The number of hydrogen-bond acceptors (Lipinski definition) is 5. The van der Waals surface area contributed by atoms with E-state index in [-0.39, 0.29) is 5.56 Å². The summed E-state index contributed by atoms with van der Waals surface area (Å²) in [5.41, 5.74) is 0.523. The van der Waals surface area contributed by atoms with Crippen LogP contribution in [0, 0.1) is 0 Å². The summed E-state index contributed by atoms with van der Waals surface area (Å²) in [4.78, 5) is 34.1. The lowest BCUT2D eigenvalue weighted by Gasteiger charge is -2.04. The summed E-state index contributed by atoms with van der Waals surface area (Å²) in [6, 6.07) is 5.69. The van der Waals surface area contributed by atoms with E-state index in [9.17, 15) is 14.4 Å². The molecule has 1 rings (SSSR count). The Balaban J connectivity index is 2.68. The molecule has 5 heteroatoms. The van der Waals surface area contributed by atoms with Crippen molar-refractivity contribution in [3.63, 3.8) is 0 Å². The molecule has 0 heterocycles. The minimum Gasteiger partial charge on any atom is -0.463 e. The summed E-state index contributed by atoms with van der Waals surface area (Å²) in [5.74, 6) is -2.11. The number of methoxy groups -OCH3 is 1. The van der Waals surface area contributed by atoms with Gasteiger partial charge in [0.15, 0.2) is 0 Å². The zero-order chi connectivity index (χ0) is 14.3. The SMILES string of the molecule is CCCCOC(=O)c1ccc(C(=O)C(=O)OC)cc1. The van der Waals surface area contributed by atoms with Crippen molar-refractivity contribution in [1.29, 1.82) is 0 Å². The summed E-state index contributed by atoms with van der Waals surface area (Å²) in [6.45, 7) is 2.37. The van der Waals surface area contributed by atoms with Crippen LogP contribution in [0.5, 0.6) is 0 Å². The second-order valence-electron chi connectivity index (χ2n) is 3.89. The number of unbranched alkanes of at least 4 members (excludes halogenated alkanes) is 1. The molecule has 0 aliphatic rings. The molecule has 0 saturated carbocycles. The summed E-state index contributed by atoms with van der Waals surface area (Å²) >= 11 is 0. The lowest BCUT2D eigenvalue weighted by atomic mass is 10.1. The molecule has 0 bridgehead atoms. The number of carbonyl (C=O) groups is 3. The topological polar surface area (TPSA) is 69.7 Å². The van der Waals surface area contributed by atoms with Crippen LogP contribution < -0.4 is 0 Å². The number of hydrogen-bond donors (Lipinski definition) is 0. The number of rotatable bonds is 6. The van der Waals surface area contributed by atoms with Crippen molar-refractivity contribution in [2.24, 2.45) is 0 Å². The van der Waals surface area contributed by atoms with Gasteiger partial charge in [-0.1, -0.05) is 13.3 Å². The molecule has 0 aromatic heterocycles. The summed E-state index contributed by atoms with van der Waals surface area (Å²) < 4.78 is 9.35. The van der Waals surface area contributed by atoms with Gasteiger partial charge < -0.3 is 9.47 Å². The van der Waals surface area contributed by atoms with Crippen molar-refractivity contribution in [2.45, 2.75) is 19.8 Å². The van der Waals surface area contributed by atoms with Crippen molar-refractivity contribution in [3.8, 4) is 0 Å². The molecule has 102 valence electrons. The number of ether oxygens (including phenoxy) is 2. The fourth-order valence-corrected chi connectivity index (χ4v) is 1.36. The predicted molar refractivity (Wildman–Crippen MR) is 68.0 cm³/mol. The van der Waals surface area contributed by atoms with Crippen molar-refractivity contribution in [2.75, 3.05) is 13.7 Å². The van der Waals surface area contributed by atoms with Gasteiger partial charge in [0.2, 0.25) is 0 Å². The van der Waals surface area contributed by atoms with Crippen molar-refractivity contribution < 1.29 is 23.9 Å². The Kier molecular flexibility index (Phi) is 5.73. The quantitative estimate of drug-likeness (QED) is 0.340. The van der Waals surface area contributed by atoms with Gasteiger partial charge in [0, 0.05) is 5.56 Å². The molecule has 0 amide bonds. The average Bonchev–Trinajstić information content (AvgIpc) is 2.46. The lowest BCUT2D eigenvalue weighted by molar-refractivity contribution is -0.135. The molecular formula is C14H16O5. The van der Waals surface area contributed by atoms with E-state index in [0.29, 0.717) is 12.2 Å². The Labute approximate surface area is 111 Å². The van der Waals surface area contributed by atoms with Gasteiger partial charge >= 0.3 is 11.9 Å². The predicted octanol–water partition coefficient (Wildman–Crippen LogP) is 2.00. The Hall–Kier alpha value is -2.17. The van der Waals surface area contributed by atoms with Crippen molar-refractivity contribution in [3.05, 3.63) is 35.4 Å². The van der Waals surface area contributed by atoms with Gasteiger partial charge in [-0.15, -0.1) is 0 Å². The van der Waals surface area contributed by atoms with Crippen LogP contribution in [0.25, 0.3) is 0 Å². The minimum absolute atomic E-state index is 0.178. The molecule has 1 aromatic rings. The van der Waals surface area contributed by atoms with Crippen LogP contribution in [0.3, 0.4) is 0 Å². The first kappa shape index (κ1) is 14.9. The summed E-state index contributed by atoms with van der Waals surface area (Å²) in [5, 5.41) is 0. The maximum absolute atomic E-state index is 11.6. The van der Waals surface area contributed by atoms with Crippen molar-refractivity contribution in [1.82, 2.24) is 0 Å². The highest BCUT2D eigenvalue weighted by molar-refractivity contribution is 6.40. The first-order valence-electron chi connectivity index (χ1n) is 6.00. The Morgan fingerprint density at radius 1 is 1.05 bits per heavy atom. The third-order valence-electron chi connectivity index (χ3n) is 2.48. The smallest absolute Gasteiger partial charge is 0.379 e. The molecule has 0 aliphatic heterocycles. The lowest BCUT2D eigenvalue weighted by Crippen LogP contribution is -2.15. The second-order valence-corrected chi connectivity index (χ2v) is 3.89. The molecule has 0 N–H and O–H groups in total. The van der Waals surface area contributed by atoms with E-state index in [4.69, 9.17) is 4.74 Å². The van der Waals surface area contributed by atoms with E-state index in [1.807, 2.05) is 6.92 Å².